The summed E-state index contributed by atoms with van der Waals surface area (Å²) in [5.41, 5.74) is 1.44. The topological polar surface area (TPSA) is 55.1 Å². The summed E-state index contributed by atoms with van der Waals surface area (Å²) in [5, 5.41) is 6.76. The molecule has 1 aromatic heterocycles. The quantitative estimate of drug-likeness (QED) is 0.822. The molecular formula is C11H16N2O2. The van der Waals surface area contributed by atoms with Crippen LogP contribution < -0.4 is 5.32 Å². The molecule has 0 aromatic carbocycles. The van der Waals surface area contributed by atoms with E-state index in [-0.39, 0.29) is 5.91 Å². The molecule has 0 saturated heterocycles. The first-order chi connectivity index (χ1) is 7.18. The van der Waals surface area contributed by atoms with Crippen LogP contribution in [0.4, 0.5) is 0 Å². The zero-order chi connectivity index (χ0) is 10.8. The average Bonchev–Trinajstić information content (AvgIpc) is 2.93. The Labute approximate surface area is 89.0 Å². The molecule has 1 aliphatic carbocycles. The Kier molecular flexibility index (Phi) is 2.75. The number of carbonyl (C=O) groups excluding carboxylic acids is 1. The lowest BCUT2D eigenvalue weighted by Gasteiger charge is -2.06. The van der Waals surface area contributed by atoms with Gasteiger partial charge in [0.2, 0.25) is 0 Å². The minimum Gasteiger partial charge on any atom is -0.364 e. The molecule has 1 heterocycles. The van der Waals surface area contributed by atoms with Crippen LogP contribution in [0.2, 0.25) is 0 Å². The predicted molar refractivity (Wildman–Crippen MR) is 55.6 cm³/mol. The highest BCUT2D eigenvalue weighted by molar-refractivity contribution is 5.95. The molecule has 2 rings (SSSR count). The van der Waals surface area contributed by atoms with Gasteiger partial charge in [0.25, 0.3) is 5.91 Å². The molecule has 1 amide bonds. The molecule has 1 fully saturated rings. The Morgan fingerprint density at radius 2 is 2.40 bits per heavy atom. The Bertz CT molecular complexity index is 353. The molecule has 1 aliphatic rings. The van der Waals surface area contributed by atoms with Crippen molar-refractivity contribution in [3.63, 3.8) is 0 Å². The molecule has 0 spiro atoms. The lowest BCUT2D eigenvalue weighted by atomic mass is 10.1. The zero-order valence-corrected chi connectivity index (χ0v) is 9.12. The number of aromatic nitrogens is 1. The van der Waals surface area contributed by atoms with Gasteiger partial charge in [0.15, 0.2) is 0 Å². The van der Waals surface area contributed by atoms with Crippen molar-refractivity contribution in [2.45, 2.75) is 32.6 Å². The van der Waals surface area contributed by atoms with Gasteiger partial charge in [-0.15, -0.1) is 0 Å². The van der Waals surface area contributed by atoms with Crippen molar-refractivity contribution < 1.29 is 9.32 Å². The number of amides is 1. The molecule has 0 bridgehead atoms. The number of hydrogen-bond acceptors (Lipinski definition) is 3. The lowest BCUT2D eigenvalue weighted by molar-refractivity contribution is 0.0947. The van der Waals surface area contributed by atoms with Crippen LogP contribution in [-0.2, 0) is 0 Å². The van der Waals surface area contributed by atoms with Crippen LogP contribution in [0.3, 0.4) is 0 Å². The van der Waals surface area contributed by atoms with E-state index in [1.807, 2.05) is 0 Å². The summed E-state index contributed by atoms with van der Waals surface area (Å²) in [6.45, 7) is 4.82. The van der Waals surface area contributed by atoms with Gasteiger partial charge in [0, 0.05) is 12.5 Å². The van der Waals surface area contributed by atoms with Crippen LogP contribution in [0, 0.1) is 5.92 Å². The lowest BCUT2D eigenvalue weighted by Crippen LogP contribution is -2.27. The van der Waals surface area contributed by atoms with Crippen LogP contribution in [-0.4, -0.2) is 17.6 Å². The summed E-state index contributed by atoms with van der Waals surface area (Å²) < 4.78 is 4.86. The van der Waals surface area contributed by atoms with Crippen LogP contribution >= 0.6 is 0 Å². The van der Waals surface area contributed by atoms with E-state index in [9.17, 15) is 4.79 Å². The van der Waals surface area contributed by atoms with Crippen molar-refractivity contribution in [1.29, 1.82) is 0 Å². The fourth-order valence-corrected chi connectivity index (χ4v) is 1.46. The Balaban J connectivity index is 2.01. The first-order valence-corrected chi connectivity index (χ1v) is 5.41. The van der Waals surface area contributed by atoms with Crippen molar-refractivity contribution >= 4 is 5.91 Å². The summed E-state index contributed by atoms with van der Waals surface area (Å²) in [5.74, 6) is 0.841. The van der Waals surface area contributed by atoms with Gasteiger partial charge in [-0.1, -0.05) is 19.0 Å². The molecule has 0 atom stereocenters. The first kappa shape index (κ1) is 10.2. The highest BCUT2D eigenvalue weighted by atomic mass is 16.5. The number of rotatable bonds is 4. The smallest absolute Gasteiger partial charge is 0.256 e. The summed E-state index contributed by atoms with van der Waals surface area (Å²) in [4.78, 5) is 11.8. The number of nitrogens with one attached hydrogen (secondary N) is 1. The average molecular weight is 208 g/mol. The van der Waals surface area contributed by atoms with E-state index in [0.717, 1.165) is 18.5 Å². The van der Waals surface area contributed by atoms with E-state index in [0.29, 0.717) is 23.9 Å². The van der Waals surface area contributed by atoms with Gasteiger partial charge < -0.3 is 9.84 Å². The van der Waals surface area contributed by atoms with Crippen molar-refractivity contribution in [2.24, 2.45) is 5.92 Å². The van der Waals surface area contributed by atoms with E-state index in [1.54, 1.807) is 0 Å². The van der Waals surface area contributed by atoms with E-state index < -0.39 is 0 Å². The second kappa shape index (κ2) is 4.04. The molecule has 4 heteroatoms. The Morgan fingerprint density at radius 1 is 1.67 bits per heavy atom. The van der Waals surface area contributed by atoms with Gasteiger partial charge >= 0.3 is 0 Å². The molecule has 1 saturated carbocycles. The summed E-state index contributed by atoms with van der Waals surface area (Å²) in [6, 6.07) is 0. The maximum atomic E-state index is 11.8. The SMILES string of the molecule is CC(C)CNC(=O)c1conc1C1CC1. The van der Waals surface area contributed by atoms with Gasteiger partial charge in [0.1, 0.15) is 11.8 Å². The summed E-state index contributed by atoms with van der Waals surface area (Å²) in [7, 11) is 0. The minimum atomic E-state index is -0.0631. The molecule has 0 unspecified atom stereocenters. The Hall–Kier alpha value is -1.32. The summed E-state index contributed by atoms with van der Waals surface area (Å²) in [6.07, 6.45) is 3.69. The molecule has 1 N–H and O–H groups in total. The predicted octanol–water partition coefficient (Wildman–Crippen LogP) is 1.94. The van der Waals surface area contributed by atoms with Crippen molar-refractivity contribution in [1.82, 2.24) is 10.5 Å². The normalized spacial score (nSPS) is 15.7. The third-order valence-corrected chi connectivity index (χ3v) is 2.48. The molecule has 0 radical (unpaired) electrons. The third kappa shape index (κ3) is 2.37. The van der Waals surface area contributed by atoms with E-state index in [1.165, 1.54) is 6.26 Å². The molecule has 1 aromatic rings. The molecule has 4 nitrogen and oxygen atoms in total. The van der Waals surface area contributed by atoms with Crippen LogP contribution in [0.1, 0.15) is 48.7 Å². The van der Waals surface area contributed by atoms with Gasteiger partial charge in [0.05, 0.1) is 5.69 Å². The monoisotopic (exact) mass is 208 g/mol. The van der Waals surface area contributed by atoms with Crippen molar-refractivity contribution in [3.05, 3.63) is 17.5 Å². The zero-order valence-electron chi connectivity index (χ0n) is 9.12. The minimum absolute atomic E-state index is 0.0631. The number of nitrogens with zero attached hydrogens (tertiary/aromatic N) is 1. The van der Waals surface area contributed by atoms with Crippen molar-refractivity contribution in [2.75, 3.05) is 6.54 Å². The second-order valence-electron chi connectivity index (χ2n) is 4.49. The standard InChI is InChI=1S/C11H16N2O2/c1-7(2)5-12-11(14)9-6-15-13-10(9)8-3-4-8/h6-8H,3-5H2,1-2H3,(H,12,14). The van der Waals surface area contributed by atoms with Crippen LogP contribution in [0.25, 0.3) is 0 Å². The van der Waals surface area contributed by atoms with Gasteiger partial charge in [-0.25, -0.2) is 0 Å². The van der Waals surface area contributed by atoms with E-state index in [4.69, 9.17) is 4.52 Å². The fourth-order valence-electron chi connectivity index (χ4n) is 1.46. The van der Waals surface area contributed by atoms with Gasteiger partial charge in [-0.2, -0.15) is 0 Å². The third-order valence-electron chi connectivity index (χ3n) is 2.48. The molecule has 0 aliphatic heterocycles. The highest BCUT2D eigenvalue weighted by Crippen LogP contribution is 2.40. The number of carbonyl (C=O) groups is 1. The Morgan fingerprint density at radius 3 is 3.00 bits per heavy atom. The highest BCUT2D eigenvalue weighted by Gasteiger charge is 2.31. The fraction of sp³-hybridized carbons (Fsp3) is 0.636. The molecular weight excluding hydrogens is 192 g/mol. The molecule has 15 heavy (non-hydrogen) atoms. The largest absolute Gasteiger partial charge is 0.364 e. The van der Waals surface area contributed by atoms with Gasteiger partial charge in [-0.3, -0.25) is 4.79 Å². The van der Waals surface area contributed by atoms with Crippen LogP contribution in [0.15, 0.2) is 10.8 Å². The van der Waals surface area contributed by atoms with E-state index in [2.05, 4.69) is 24.3 Å². The maximum absolute atomic E-state index is 11.8. The van der Waals surface area contributed by atoms with E-state index >= 15 is 0 Å². The van der Waals surface area contributed by atoms with Crippen LogP contribution in [0.5, 0.6) is 0 Å². The second-order valence-corrected chi connectivity index (χ2v) is 4.49. The van der Waals surface area contributed by atoms with Gasteiger partial charge in [-0.05, 0) is 18.8 Å². The first-order valence-electron chi connectivity index (χ1n) is 5.41. The van der Waals surface area contributed by atoms with Crippen molar-refractivity contribution in [3.8, 4) is 0 Å². The summed E-state index contributed by atoms with van der Waals surface area (Å²) >= 11 is 0. The molecule has 82 valence electrons. The number of hydrogen-bond donors (Lipinski definition) is 1. The maximum Gasteiger partial charge on any atom is 0.256 e.